The van der Waals surface area contributed by atoms with E-state index in [2.05, 4.69) is 26.3 Å². The van der Waals surface area contributed by atoms with Crippen LogP contribution in [0, 0.1) is 13.8 Å². The van der Waals surface area contributed by atoms with Crippen molar-refractivity contribution in [3.63, 3.8) is 0 Å². The molecule has 0 saturated carbocycles. The van der Waals surface area contributed by atoms with Gasteiger partial charge in [0.15, 0.2) is 5.11 Å². The topological polar surface area (TPSA) is 109 Å². The van der Waals surface area contributed by atoms with Gasteiger partial charge in [-0.3, -0.25) is 9.78 Å². The molecule has 2 aromatic heterocycles. The molecule has 0 radical (unpaired) electrons. The molecule has 3 N–H and O–H groups in total. The number of benzene rings is 2. The van der Waals surface area contributed by atoms with Gasteiger partial charge in [-0.25, -0.2) is 4.79 Å². The lowest BCUT2D eigenvalue weighted by atomic mass is 9.96. The molecule has 2 aromatic carbocycles. The highest BCUT2D eigenvalue weighted by atomic mass is 32.1. The Morgan fingerprint density at radius 3 is 2.56 bits per heavy atom. The van der Waals surface area contributed by atoms with Gasteiger partial charge in [-0.2, -0.15) is 0 Å². The van der Waals surface area contributed by atoms with Gasteiger partial charge in [0.2, 0.25) is 5.91 Å². The number of thiocarbonyl (C=S) groups is 1. The molecule has 0 spiro atoms. The van der Waals surface area contributed by atoms with Gasteiger partial charge in [0.25, 0.3) is 0 Å². The maximum atomic E-state index is 12.1. The molecule has 4 aromatic rings. The van der Waals surface area contributed by atoms with Gasteiger partial charge in [0, 0.05) is 41.4 Å². The highest BCUT2D eigenvalue weighted by Gasteiger charge is 2.42. The molecule has 1 saturated heterocycles. The molecule has 1 aliphatic rings. The van der Waals surface area contributed by atoms with E-state index in [1.165, 1.54) is 0 Å². The number of methoxy groups -OCH3 is 1. The zero-order valence-electron chi connectivity index (χ0n) is 23.2. The molecule has 0 aliphatic carbocycles. The number of amides is 1. The number of carbonyl (C=O) groups excluding carboxylic acids is 1. The number of carboxylic acid groups (broad SMARTS) is 1. The number of rotatable bonds is 8. The second kappa shape index (κ2) is 11.4. The first-order valence-electron chi connectivity index (χ1n) is 13.2. The molecule has 41 heavy (non-hydrogen) atoms. The van der Waals surface area contributed by atoms with E-state index >= 15 is 0 Å². The maximum absolute atomic E-state index is 12.1. The van der Waals surface area contributed by atoms with Crippen LogP contribution in [-0.4, -0.2) is 38.8 Å². The lowest BCUT2D eigenvalue weighted by molar-refractivity contribution is -0.115. The molecule has 5 rings (SSSR count). The van der Waals surface area contributed by atoms with E-state index in [0.717, 1.165) is 34.0 Å². The van der Waals surface area contributed by atoms with Crippen LogP contribution < -0.4 is 20.3 Å². The monoisotopic (exact) mass is 569 g/mol. The molecular weight excluding hydrogens is 538 g/mol. The van der Waals surface area contributed by atoms with Crippen molar-refractivity contribution in [2.45, 2.75) is 39.3 Å². The summed E-state index contributed by atoms with van der Waals surface area (Å²) in [6.45, 7) is 5.81. The Kier molecular flexibility index (Phi) is 7.76. The largest absolute Gasteiger partial charge is 0.494 e. The van der Waals surface area contributed by atoms with Crippen molar-refractivity contribution in [3.05, 3.63) is 101 Å². The van der Waals surface area contributed by atoms with Crippen LogP contribution in [0.3, 0.4) is 0 Å². The average molecular weight is 570 g/mol. The predicted molar refractivity (Wildman–Crippen MR) is 162 cm³/mol. The lowest BCUT2D eigenvalue weighted by Gasteiger charge is -2.29. The number of carboxylic acids is 1. The molecule has 0 bridgehead atoms. The van der Waals surface area contributed by atoms with Gasteiger partial charge in [0.05, 0.1) is 36.1 Å². The van der Waals surface area contributed by atoms with Crippen LogP contribution >= 0.6 is 12.2 Å². The van der Waals surface area contributed by atoms with Crippen molar-refractivity contribution in [1.29, 1.82) is 0 Å². The van der Waals surface area contributed by atoms with Gasteiger partial charge < -0.3 is 29.9 Å². The van der Waals surface area contributed by atoms with Crippen molar-refractivity contribution >= 4 is 40.6 Å². The normalized spacial score (nSPS) is 16.4. The minimum absolute atomic E-state index is 0.109. The number of nitrogens with zero attached hydrogens (tertiary/aromatic N) is 3. The molecule has 10 heteroatoms. The number of aryl methyl sites for hydroxylation is 1. The van der Waals surface area contributed by atoms with Gasteiger partial charge in [-0.1, -0.05) is 19.1 Å². The summed E-state index contributed by atoms with van der Waals surface area (Å²) in [5, 5.41) is 16.5. The van der Waals surface area contributed by atoms with Crippen LogP contribution in [-0.2, 0) is 4.79 Å². The minimum Gasteiger partial charge on any atom is -0.494 e. The summed E-state index contributed by atoms with van der Waals surface area (Å²) in [7, 11) is 1.56. The smallest absolute Gasteiger partial charge is 0.335 e. The predicted octanol–water partition coefficient (Wildman–Crippen LogP) is 5.72. The first kappa shape index (κ1) is 27.9. The molecule has 210 valence electrons. The van der Waals surface area contributed by atoms with Crippen molar-refractivity contribution in [3.8, 4) is 11.4 Å². The average Bonchev–Trinajstić information content (AvgIpc) is 3.48. The summed E-state index contributed by atoms with van der Waals surface area (Å²) in [5.74, 6) is -0.571. The Balaban J connectivity index is 1.65. The molecular formula is C31H31N5O4S. The highest BCUT2D eigenvalue weighted by Crippen LogP contribution is 2.45. The molecule has 1 aliphatic heterocycles. The molecule has 3 heterocycles. The Bertz CT molecular complexity index is 1630. The van der Waals surface area contributed by atoms with E-state index in [1.807, 2.05) is 61.2 Å². The van der Waals surface area contributed by atoms with Gasteiger partial charge in [0.1, 0.15) is 5.75 Å². The minimum atomic E-state index is -0.978. The number of aromatic nitrogens is 2. The van der Waals surface area contributed by atoms with E-state index in [-0.39, 0.29) is 23.6 Å². The number of aromatic carboxylic acids is 1. The van der Waals surface area contributed by atoms with Crippen LogP contribution in [0.4, 0.5) is 11.4 Å². The zero-order valence-corrected chi connectivity index (χ0v) is 24.0. The van der Waals surface area contributed by atoms with Crippen LogP contribution in [0.2, 0.25) is 0 Å². The quantitative estimate of drug-likeness (QED) is 0.231. The Labute approximate surface area is 243 Å². The van der Waals surface area contributed by atoms with Crippen LogP contribution in [0.5, 0.6) is 5.75 Å². The Morgan fingerprint density at radius 2 is 1.88 bits per heavy atom. The van der Waals surface area contributed by atoms with E-state index in [9.17, 15) is 14.7 Å². The van der Waals surface area contributed by atoms with Crippen molar-refractivity contribution in [2.24, 2.45) is 0 Å². The number of pyridine rings is 1. The number of hydrogen-bond donors (Lipinski definition) is 3. The number of ether oxygens (including phenoxy) is 1. The number of hydrogen-bond acceptors (Lipinski definition) is 5. The van der Waals surface area contributed by atoms with Crippen molar-refractivity contribution in [1.82, 2.24) is 14.9 Å². The number of nitrogens with one attached hydrogen (secondary N) is 2. The molecule has 2 atom stereocenters. The maximum Gasteiger partial charge on any atom is 0.335 e. The number of anilines is 2. The third-order valence-electron chi connectivity index (χ3n) is 7.30. The van der Waals surface area contributed by atoms with Gasteiger partial charge >= 0.3 is 5.97 Å². The highest BCUT2D eigenvalue weighted by molar-refractivity contribution is 7.80. The summed E-state index contributed by atoms with van der Waals surface area (Å²) in [6.07, 6.45) is 2.11. The zero-order chi connectivity index (χ0) is 29.3. The second-order valence-electron chi connectivity index (χ2n) is 9.80. The SMILES string of the molecule is CCC(=O)Nc1ccc(N2C(=S)N[C@@H](c3ccccn3)[C@@H]2c2cc(C)n(-c3cccc(C(=O)O)c3)c2C)cc1OC. The van der Waals surface area contributed by atoms with Crippen LogP contribution in [0.25, 0.3) is 5.69 Å². The number of carbonyl (C=O) groups is 2. The van der Waals surface area contributed by atoms with Crippen LogP contribution in [0.1, 0.15) is 58.4 Å². The fraction of sp³-hybridized carbons (Fsp3) is 0.226. The lowest BCUT2D eigenvalue weighted by Crippen LogP contribution is -2.29. The van der Waals surface area contributed by atoms with Crippen LogP contribution in [0.15, 0.2) is 72.9 Å². The van der Waals surface area contributed by atoms with E-state index in [1.54, 1.807) is 38.4 Å². The van der Waals surface area contributed by atoms with E-state index in [4.69, 9.17) is 17.0 Å². The Hall–Kier alpha value is -4.70. The fourth-order valence-corrected chi connectivity index (χ4v) is 5.73. The van der Waals surface area contributed by atoms with E-state index < -0.39 is 5.97 Å². The summed E-state index contributed by atoms with van der Waals surface area (Å²) in [6, 6.07) is 19.8. The summed E-state index contributed by atoms with van der Waals surface area (Å²) in [5.41, 5.74) is 6.09. The molecule has 1 amide bonds. The molecule has 9 nitrogen and oxygen atoms in total. The summed E-state index contributed by atoms with van der Waals surface area (Å²) < 4.78 is 7.70. The third-order valence-corrected chi connectivity index (χ3v) is 7.61. The van der Waals surface area contributed by atoms with E-state index in [0.29, 0.717) is 23.0 Å². The molecule has 1 fully saturated rings. The van der Waals surface area contributed by atoms with Gasteiger partial charge in [-0.05, 0) is 80.2 Å². The van der Waals surface area contributed by atoms with Gasteiger partial charge in [-0.15, -0.1) is 0 Å². The Morgan fingerprint density at radius 1 is 1.07 bits per heavy atom. The standard InChI is InChI=1S/C31H31N5O4S/c1-5-27(37)33-24-13-12-22(17-26(24)40-4)36-29(28(34-31(36)41)25-11-6-7-14-32-25)23-15-18(2)35(19(23)3)21-10-8-9-20(16-21)30(38)39/h6-17,28-29H,5H2,1-4H3,(H,33,37)(H,34,41)(H,38,39)/t28-,29-/m0/s1. The third kappa shape index (κ3) is 5.26. The molecule has 0 unspecified atom stereocenters. The summed E-state index contributed by atoms with van der Waals surface area (Å²) >= 11 is 5.90. The fourth-order valence-electron chi connectivity index (χ4n) is 5.38. The second-order valence-corrected chi connectivity index (χ2v) is 10.2. The first-order valence-corrected chi connectivity index (χ1v) is 13.7. The first-order chi connectivity index (χ1) is 19.7. The summed E-state index contributed by atoms with van der Waals surface area (Å²) in [4.78, 5) is 30.4. The van der Waals surface area contributed by atoms with Crippen molar-refractivity contribution < 1.29 is 19.4 Å². The van der Waals surface area contributed by atoms with Crippen molar-refractivity contribution in [2.75, 3.05) is 17.3 Å².